The number of benzene rings is 1. The van der Waals surface area contributed by atoms with Gasteiger partial charge in [0.1, 0.15) is 0 Å². The van der Waals surface area contributed by atoms with E-state index < -0.39 is 9.84 Å². The molecule has 1 saturated heterocycles. The fraction of sp³-hybridized carbons (Fsp3) is 0.562. The van der Waals surface area contributed by atoms with Crippen molar-refractivity contribution in [3.8, 4) is 11.5 Å². The Kier molecular flexibility index (Phi) is 6.95. The van der Waals surface area contributed by atoms with E-state index in [1.807, 2.05) is 19.1 Å². The third-order valence-corrected chi connectivity index (χ3v) is 6.19. The standard InChI is InChI=1S/C16H24BrN3O4S/c1-4-18-16(20-12-5-6-25(21,22)10-12)19-9-11-7-13(17)15(24-3)14(8-11)23-2/h7-8,12H,4-6,9-10H2,1-3H3,(H2,18,19,20). The van der Waals surface area contributed by atoms with Crippen LogP contribution in [0.3, 0.4) is 0 Å². The van der Waals surface area contributed by atoms with Gasteiger partial charge in [-0.15, -0.1) is 0 Å². The number of halogens is 1. The maximum Gasteiger partial charge on any atom is 0.191 e. The van der Waals surface area contributed by atoms with Crippen molar-refractivity contribution in [2.75, 3.05) is 32.3 Å². The summed E-state index contributed by atoms with van der Waals surface area (Å²) >= 11 is 3.47. The summed E-state index contributed by atoms with van der Waals surface area (Å²) in [4.78, 5) is 4.55. The summed E-state index contributed by atoms with van der Waals surface area (Å²) in [5.74, 6) is 2.25. The average molecular weight is 434 g/mol. The molecule has 1 aliphatic heterocycles. The molecule has 1 aliphatic rings. The van der Waals surface area contributed by atoms with Gasteiger partial charge in [0.05, 0.1) is 36.7 Å². The van der Waals surface area contributed by atoms with Crippen LogP contribution in [0, 0.1) is 0 Å². The molecule has 0 bridgehead atoms. The molecule has 1 aromatic carbocycles. The molecule has 25 heavy (non-hydrogen) atoms. The summed E-state index contributed by atoms with van der Waals surface area (Å²) in [6.45, 7) is 3.09. The Morgan fingerprint density at radius 1 is 1.36 bits per heavy atom. The van der Waals surface area contributed by atoms with Crippen molar-refractivity contribution in [1.29, 1.82) is 0 Å². The molecular formula is C16H24BrN3O4S. The number of hydrogen-bond acceptors (Lipinski definition) is 5. The number of nitrogens with one attached hydrogen (secondary N) is 2. The van der Waals surface area contributed by atoms with E-state index in [4.69, 9.17) is 9.47 Å². The van der Waals surface area contributed by atoms with Crippen LogP contribution in [-0.4, -0.2) is 52.7 Å². The van der Waals surface area contributed by atoms with Crippen LogP contribution in [0.4, 0.5) is 0 Å². The SMILES string of the molecule is CCNC(=NCc1cc(Br)c(OC)c(OC)c1)NC1CCS(=O)(=O)C1. The highest BCUT2D eigenvalue weighted by atomic mass is 79.9. The van der Waals surface area contributed by atoms with Gasteiger partial charge in [-0.25, -0.2) is 13.4 Å². The molecule has 2 rings (SSSR count). The summed E-state index contributed by atoms with van der Waals surface area (Å²) in [6, 6.07) is 3.70. The fourth-order valence-electron chi connectivity index (χ4n) is 2.66. The molecule has 7 nitrogen and oxygen atoms in total. The van der Waals surface area contributed by atoms with E-state index in [0.29, 0.717) is 37.0 Å². The van der Waals surface area contributed by atoms with E-state index in [2.05, 4.69) is 31.6 Å². The van der Waals surface area contributed by atoms with Gasteiger partial charge >= 0.3 is 0 Å². The third kappa shape index (κ3) is 5.50. The molecule has 0 saturated carbocycles. The zero-order chi connectivity index (χ0) is 18.4. The van der Waals surface area contributed by atoms with Gasteiger partial charge in [-0.05, 0) is 47.0 Å². The molecule has 0 radical (unpaired) electrons. The Labute approximate surface area is 157 Å². The average Bonchev–Trinajstić information content (AvgIpc) is 2.90. The molecule has 9 heteroatoms. The van der Waals surface area contributed by atoms with Gasteiger partial charge in [0.15, 0.2) is 27.3 Å². The number of nitrogens with zero attached hydrogens (tertiary/aromatic N) is 1. The van der Waals surface area contributed by atoms with Crippen LogP contribution < -0.4 is 20.1 Å². The van der Waals surface area contributed by atoms with E-state index in [1.165, 1.54) is 0 Å². The maximum absolute atomic E-state index is 11.6. The largest absolute Gasteiger partial charge is 0.493 e. The fourth-order valence-corrected chi connectivity index (χ4v) is 4.98. The second-order valence-electron chi connectivity index (χ2n) is 5.75. The van der Waals surface area contributed by atoms with Crippen molar-refractivity contribution in [2.45, 2.75) is 25.9 Å². The predicted molar refractivity (Wildman–Crippen MR) is 102 cm³/mol. The molecule has 0 amide bonds. The second-order valence-corrected chi connectivity index (χ2v) is 8.84. The van der Waals surface area contributed by atoms with Gasteiger partial charge in [0.2, 0.25) is 0 Å². The number of ether oxygens (including phenoxy) is 2. The molecule has 0 aliphatic carbocycles. The Morgan fingerprint density at radius 3 is 2.68 bits per heavy atom. The smallest absolute Gasteiger partial charge is 0.191 e. The van der Waals surface area contributed by atoms with Crippen molar-refractivity contribution >= 4 is 31.7 Å². The van der Waals surface area contributed by atoms with Crippen molar-refractivity contribution in [3.63, 3.8) is 0 Å². The van der Waals surface area contributed by atoms with E-state index in [-0.39, 0.29) is 17.5 Å². The molecule has 1 aromatic rings. The second kappa shape index (κ2) is 8.75. The van der Waals surface area contributed by atoms with Crippen LogP contribution in [0.5, 0.6) is 11.5 Å². The number of hydrogen-bond donors (Lipinski definition) is 2. The Bertz CT molecular complexity index is 737. The lowest BCUT2D eigenvalue weighted by molar-refractivity contribution is 0.352. The summed E-state index contributed by atoms with van der Waals surface area (Å²) in [5.41, 5.74) is 0.945. The van der Waals surface area contributed by atoms with E-state index in [9.17, 15) is 8.42 Å². The number of sulfone groups is 1. The molecule has 1 heterocycles. The lowest BCUT2D eigenvalue weighted by atomic mass is 10.2. The van der Waals surface area contributed by atoms with Crippen molar-refractivity contribution in [2.24, 2.45) is 4.99 Å². The Balaban J connectivity index is 2.12. The van der Waals surface area contributed by atoms with E-state index in [1.54, 1.807) is 14.2 Å². The van der Waals surface area contributed by atoms with Gasteiger partial charge in [0, 0.05) is 12.6 Å². The number of aliphatic imine (C=N–C) groups is 1. The zero-order valence-corrected chi connectivity index (χ0v) is 17.0. The van der Waals surface area contributed by atoms with Crippen LogP contribution in [0.15, 0.2) is 21.6 Å². The highest BCUT2D eigenvalue weighted by molar-refractivity contribution is 9.10. The van der Waals surface area contributed by atoms with Gasteiger partial charge < -0.3 is 20.1 Å². The number of rotatable bonds is 6. The quantitative estimate of drug-likeness (QED) is 0.524. The summed E-state index contributed by atoms with van der Waals surface area (Å²) in [7, 11) is 0.246. The first kappa shape index (κ1) is 19.8. The molecule has 1 unspecified atom stereocenters. The minimum Gasteiger partial charge on any atom is -0.493 e. The molecule has 0 aromatic heterocycles. The third-order valence-electron chi connectivity index (χ3n) is 3.83. The Hall–Kier alpha value is -1.48. The number of methoxy groups -OCH3 is 2. The molecule has 140 valence electrons. The Morgan fingerprint density at radius 2 is 2.12 bits per heavy atom. The summed E-state index contributed by atoms with van der Waals surface area (Å²) in [5, 5.41) is 6.35. The lowest BCUT2D eigenvalue weighted by Gasteiger charge is -2.16. The van der Waals surface area contributed by atoms with Crippen molar-refractivity contribution < 1.29 is 17.9 Å². The van der Waals surface area contributed by atoms with Gasteiger partial charge in [-0.2, -0.15) is 0 Å². The first-order chi connectivity index (χ1) is 11.9. The first-order valence-corrected chi connectivity index (χ1v) is 10.7. The minimum absolute atomic E-state index is 0.0973. The summed E-state index contributed by atoms with van der Waals surface area (Å²) in [6.07, 6.45) is 0.606. The molecule has 1 fully saturated rings. The van der Waals surface area contributed by atoms with Crippen LogP contribution in [0.25, 0.3) is 0 Å². The van der Waals surface area contributed by atoms with Crippen LogP contribution in [-0.2, 0) is 16.4 Å². The molecule has 1 atom stereocenters. The predicted octanol–water partition coefficient (Wildman–Crippen LogP) is 1.71. The lowest BCUT2D eigenvalue weighted by Crippen LogP contribution is -2.44. The number of guanidine groups is 1. The van der Waals surface area contributed by atoms with Gasteiger partial charge in [-0.1, -0.05) is 0 Å². The van der Waals surface area contributed by atoms with Crippen LogP contribution in [0.2, 0.25) is 0 Å². The minimum atomic E-state index is -2.93. The van der Waals surface area contributed by atoms with Crippen molar-refractivity contribution in [1.82, 2.24) is 10.6 Å². The zero-order valence-electron chi connectivity index (χ0n) is 14.6. The monoisotopic (exact) mass is 433 g/mol. The molecular weight excluding hydrogens is 410 g/mol. The van der Waals surface area contributed by atoms with Crippen LogP contribution >= 0.6 is 15.9 Å². The molecule has 0 spiro atoms. The van der Waals surface area contributed by atoms with Crippen molar-refractivity contribution in [3.05, 3.63) is 22.2 Å². The maximum atomic E-state index is 11.6. The van der Waals surface area contributed by atoms with Gasteiger partial charge in [-0.3, -0.25) is 0 Å². The van der Waals surface area contributed by atoms with Gasteiger partial charge in [0.25, 0.3) is 0 Å². The topological polar surface area (TPSA) is 89.0 Å². The van der Waals surface area contributed by atoms with E-state index in [0.717, 1.165) is 10.0 Å². The van der Waals surface area contributed by atoms with E-state index >= 15 is 0 Å². The van der Waals surface area contributed by atoms with Crippen LogP contribution in [0.1, 0.15) is 18.9 Å². The summed E-state index contributed by atoms with van der Waals surface area (Å²) < 4.78 is 34.6. The molecule has 2 N–H and O–H groups in total. The normalized spacial score (nSPS) is 19.5. The highest BCUT2D eigenvalue weighted by Crippen LogP contribution is 2.36. The highest BCUT2D eigenvalue weighted by Gasteiger charge is 2.28. The first-order valence-electron chi connectivity index (χ1n) is 8.04.